The quantitative estimate of drug-likeness (QED) is 0.747. The Morgan fingerprint density at radius 1 is 0.846 bits per heavy atom. The van der Waals surface area contributed by atoms with E-state index in [1.807, 2.05) is 60.7 Å². The Hall–Kier alpha value is -1.76. The van der Waals surface area contributed by atoms with E-state index in [2.05, 4.69) is 0 Å². The molecule has 1 saturated heterocycles. The lowest BCUT2D eigenvalue weighted by atomic mass is 10.00. The molecule has 0 amide bonds. The molecule has 5 heteroatoms. The van der Waals surface area contributed by atoms with E-state index in [1.165, 1.54) is 7.11 Å². The summed E-state index contributed by atoms with van der Waals surface area (Å²) in [6.07, 6.45) is -1.65. The standard InChI is InChI=1S/C21H26O5/c1-23-21-20(22)18(14-24-12-16-8-4-2-5-9-16)19(26-21)15-25-13-17-10-6-3-7-11-17/h2-11,18-22H,12-15H2,1H3/t18-,19-,20-,21?/m1/s1. The van der Waals surface area contributed by atoms with Crippen LogP contribution >= 0.6 is 0 Å². The minimum absolute atomic E-state index is 0.195. The first-order valence-electron chi connectivity index (χ1n) is 8.87. The van der Waals surface area contributed by atoms with Gasteiger partial charge in [0.1, 0.15) is 6.10 Å². The van der Waals surface area contributed by atoms with E-state index in [0.717, 1.165) is 11.1 Å². The fraction of sp³-hybridized carbons (Fsp3) is 0.429. The van der Waals surface area contributed by atoms with Crippen molar-refractivity contribution in [2.45, 2.75) is 31.7 Å². The first-order chi connectivity index (χ1) is 12.8. The van der Waals surface area contributed by atoms with Gasteiger partial charge >= 0.3 is 0 Å². The molecule has 2 aromatic carbocycles. The van der Waals surface area contributed by atoms with E-state index in [1.54, 1.807) is 0 Å². The van der Waals surface area contributed by atoms with Gasteiger partial charge in [0.05, 0.1) is 32.5 Å². The summed E-state index contributed by atoms with van der Waals surface area (Å²) in [5.74, 6) is -0.195. The molecular formula is C21H26O5. The largest absolute Gasteiger partial charge is 0.387 e. The fourth-order valence-corrected chi connectivity index (χ4v) is 3.09. The van der Waals surface area contributed by atoms with Gasteiger partial charge in [-0.2, -0.15) is 0 Å². The van der Waals surface area contributed by atoms with Gasteiger partial charge in [0.25, 0.3) is 0 Å². The molecule has 0 aliphatic carbocycles. The van der Waals surface area contributed by atoms with Crippen LogP contribution in [-0.4, -0.2) is 43.9 Å². The molecule has 0 saturated carbocycles. The van der Waals surface area contributed by atoms with Crippen molar-refractivity contribution < 1.29 is 24.1 Å². The molecule has 1 unspecified atom stereocenters. The fourth-order valence-electron chi connectivity index (χ4n) is 3.09. The average molecular weight is 358 g/mol. The normalized spacial score (nSPS) is 25.5. The SMILES string of the molecule is COC1O[C@H](COCc2ccccc2)[C@@H](COCc2ccccc2)[C@H]1O. The smallest absolute Gasteiger partial charge is 0.183 e. The minimum Gasteiger partial charge on any atom is -0.387 e. The Morgan fingerprint density at radius 2 is 1.38 bits per heavy atom. The van der Waals surface area contributed by atoms with Gasteiger partial charge in [0.2, 0.25) is 0 Å². The molecule has 3 rings (SSSR count). The second-order valence-corrected chi connectivity index (χ2v) is 6.43. The second-order valence-electron chi connectivity index (χ2n) is 6.43. The van der Waals surface area contributed by atoms with Crippen LogP contribution in [0.2, 0.25) is 0 Å². The molecule has 0 aromatic heterocycles. The Balaban J connectivity index is 1.50. The third-order valence-electron chi connectivity index (χ3n) is 4.55. The number of rotatable bonds is 9. The molecule has 0 radical (unpaired) electrons. The first kappa shape index (κ1) is 19.0. The van der Waals surface area contributed by atoms with Gasteiger partial charge in [-0.05, 0) is 11.1 Å². The van der Waals surface area contributed by atoms with Crippen LogP contribution in [0.15, 0.2) is 60.7 Å². The van der Waals surface area contributed by atoms with E-state index in [4.69, 9.17) is 18.9 Å². The Morgan fingerprint density at radius 3 is 1.92 bits per heavy atom. The highest BCUT2D eigenvalue weighted by atomic mass is 16.7. The van der Waals surface area contributed by atoms with E-state index >= 15 is 0 Å². The predicted molar refractivity (Wildman–Crippen MR) is 97.4 cm³/mol. The number of hydrogen-bond acceptors (Lipinski definition) is 5. The van der Waals surface area contributed by atoms with Crippen molar-refractivity contribution in [3.05, 3.63) is 71.8 Å². The van der Waals surface area contributed by atoms with E-state index < -0.39 is 12.4 Å². The zero-order valence-electron chi connectivity index (χ0n) is 15.0. The molecule has 1 fully saturated rings. The molecule has 4 atom stereocenters. The molecule has 0 bridgehead atoms. The summed E-state index contributed by atoms with van der Waals surface area (Å²) in [5, 5.41) is 10.4. The highest BCUT2D eigenvalue weighted by Crippen LogP contribution is 2.28. The lowest BCUT2D eigenvalue weighted by molar-refractivity contribution is -0.156. The Bertz CT molecular complexity index is 633. The summed E-state index contributed by atoms with van der Waals surface area (Å²) < 4.78 is 22.6. The van der Waals surface area contributed by atoms with E-state index in [0.29, 0.717) is 26.4 Å². The summed E-state index contributed by atoms with van der Waals surface area (Å²) in [6, 6.07) is 19.9. The third-order valence-corrected chi connectivity index (χ3v) is 4.55. The second kappa shape index (κ2) is 9.80. The number of aliphatic hydroxyl groups is 1. The third kappa shape index (κ3) is 5.13. The number of benzene rings is 2. The maximum Gasteiger partial charge on any atom is 0.183 e. The molecule has 1 heterocycles. The van der Waals surface area contributed by atoms with Gasteiger partial charge in [-0.25, -0.2) is 0 Å². The van der Waals surface area contributed by atoms with Crippen LogP contribution in [0, 0.1) is 5.92 Å². The maximum atomic E-state index is 10.4. The van der Waals surface area contributed by atoms with E-state index in [-0.39, 0.29) is 12.0 Å². The summed E-state index contributed by atoms with van der Waals surface area (Å²) in [6.45, 7) is 1.77. The van der Waals surface area contributed by atoms with Gasteiger partial charge in [-0.1, -0.05) is 60.7 Å². The van der Waals surface area contributed by atoms with Crippen molar-refractivity contribution in [1.82, 2.24) is 0 Å². The monoisotopic (exact) mass is 358 g/mol. The number of ether oxygens (including phenoxy) is 4. The van der Waals surface area contributed by atoms with Crippen molar-refractivity contribution in [1.29, 1.82) is 0 Å². The highest BCUT2D eigenvalue weighted by Gasteiger charge is 2.44. The molecule has 1 N–H and O–H groups in total. The molecule has 2 aromatic rings. The summed E-state index contributed by atoms with van der Waals surface area (Å²) in [7, 11) is 1.53. The zero-order valence-corrected chi connectivity index (χ0v) is 15.0. The van der Waals surface area contributed by atoms with Crippen molar-refractivity contribution in [2.24, 2.45) is 5.92 Å². The Labute approximate surface area is 154 Å². The topological polar surface area (TPSA) is 57.2 Å². The Kier molecular flexibility index (Phi) is 7.17. The van der Waals surface area contributed by atoms with Gasteiger partial charge in [-0.3, -0.25) is 0 Å². The summed E-state index contributed by atoms with van der Waals surface area (Å²) in [5.41, 5.74) is 2.20. The molecule has 26 heavy (non-hydrogen) atoms. The molecule has 0 spiro atoms. The summed E-state index contributed by atoms with van der Waals surface area (Å²) >= 11 is 0. The van der Waals surface area contributed by atoms with E-state index in [9.17, 15) is 5.11 Å². The van der Waals surface area contributed by atoms with Crippen LogP contribution in [0.4, 0.5) is 0 Å². The van der Waals surface area contributed by atoms with Crippen LogP contribution in [0.1, 0.15) is 11.1 Å². The van der Waals surface area contributed by atoms with Gasteiger partial charge in [0, 0.05) is 13.0 Å². The summed E-state index contributed by atoms with van der Waals surface area (Å²) in [4.78, 5) is 0. The van der Waals surface area contributed by atoms with Crippen LogP contribution < -0.4 is 0 Å². The van der Waals surface area contributed by atoms with Gasteiger partial charge in [0.15, 0.2) is 6.29 Å². The lowest BCUT2D eigenvalue weighted by Gasteiger charge is -2.20. The molecule has 5 nitrogen and oxygen atoms in total. The molecule has 1 aliphatic heterocycles. The molecule has 1 aliphatic rings. The maximum absolute atomic E-state index is 10.4. The highest BCUT2D eigenvalue weighted by molar-refractivity contribution is 5.14. The van der Waals surface area contributed by atoms with Gasteiger partial charge < -0.3 is 24.1 Å². The number of aliphatic hydroxyl groups excluding tert-OH is 1. The lowest BCUT2D eigenvalue weighted by Crippen LogP contribution is -2.33. The molecular weight excluding hydrogens is 332 g/mol. The van der Waals surface area contributed by atoms with Crippen molar-refractivity contribution >= 4 is 0 Å². The molecule has 140 valence electrons. The van der Waals surface area contributed by atoms with Crippen LogP contribution in [0.5, 0.6) is 0 Å². The van der Waals surface area contributed by atoms with Gasteiger partial charge in [-0.15, -0.1) is 0 Å². The zero-order chi connectivity index (χ0) is 18.2. The van der Waals surface area contributed by atoms with Crippen LogP contribution in [0.3, 0.4) is 0 Å². The number of methoxy groups -OCH3 is 1. The van der Waals surface area contributed by atoms with Crippen molar-refractivity contribution in [3.8, 4) is 0 Å². The minimum atomic E-state index is -0.735. The van der Waals surface area contributed by atoms with Crippen molar-refractivity contribution in [2.75, 3.05) is 20.3 Å². The van der Waals surface area contributed by atoms with Crippen LogP contribution in [0.25, 0.3) is 0 Å². The van der Waals surface area contributed by atoms with Crippen LogP contribution in [-0.2, 0) is 32.2 Å². The van der Waals surface area contributed by atoms with Crippen molar-refractivity contribution in [3.63, 3.8) is 0 Å². The average Bonchev–Trinajstić information content (AvgIpc) is 2.99. The number of hydrogen-bond donors (Lipinski definition) is 1. The first-order valence-corrected chi connectivity index (χ1v) is 8.87. The predicted octanol–water partition coefficient (Wildman–Crippen LogP) is 2.77.